The Kier molecular flexibility index (Phi) is 3.31. The molecule has 2 aromatic carbocycles. The smallest absolute Gasteiger partial charge is 0.127 e. The molecule has 0 amide bonds. The van der Waals surface area contributed by atoms with Crippen molar-refractivity contribution in [3.8, 4) is 16.9 Å². The normalized spacial score (nSPS) is 20.3. The second kappa shape index (κ2) is 5.24. The Labute approximate surface area is 138 Å². The van der Waals surface area contributed by atoms with E-state index in [1.165, 1.54) is 28.8 Å². The molecule has 1 aliphatic heterocycles. The number of hydrogen-bond donors (Lipinski definition) is 0. The van der Waals surface area contributed by atoms with Crippen LogP contribution in [-0.2, 0) is 12.8 Å². The highest BCUT2D eigenvalue weighted by Crippen LogP contribution is 2.49. The highest BCUT2D eigenvalue weighted by molar-refractivity contribution is 5.80. The summed E-state index contributed by atoms with van der Waals surface area (Å²) in [5, 5.41) is 0. The molecule has 118 valence electrons. The van der Waals surface area contributed by atoms with Crippen LogP contribution in [0.1, 0.15) is 22.7 Å². The van der Waals surface area contributed by atoms with E-state index >= 15 is 0 Å². The molecule has 2 heteroatoms. The molecule has 2 aromatic rings. The van der Waals surface area contributed by atoms with Gasteiger partial charge in [0.05, 0.1) is 20.6 Å². The zero-order valence-electron chi connectivity index (χ0n) is 14.0. The zero-order chi connectivity index (χ0) is 16.0. The molecule has 1 unspecified atom stereocenters. The van der Waals surface area contributed by atoms with Gasteiger partial charge in [0.15, 0.2) is 0 Å². The largest absolute Gasteiger partial charge is 0.489 e. The molecule has 0 saturated heterocycles. The quantitative estimate of drug-likeness (QED) is 0.611. The molecule has 0 radical (unpaired) electrons. The molecule has 0 N–H and O–H groups in total. The first kappa shape index (κ1) is 14.5. The topological polar surface area (TPSA) is 9.23 Å². The molecular weight excluding hydrogens is 282 g/mol. The van der Waals surface area contributed by atoms with Gasteiger partial charge in [0.1, 0.15) is 18.4 Å². The van der Waals surface area contributed by atoms with E-state index in [1.54, 1.807) is 5.56 Å². The van der Waals surface area contributed by atoms with Gasteiger partial charge in [-0.15, -0.1) is 0 Å². The Balaban J connectivity index is 1.94. The number of fused-ring (bicyclic) bond motifs is 2. The molecule has 1 heterocycles. The third kappa shape index (κ3) is 2.21. The zero-order valence-corrected chi connectivity index (χ0v) is 14.0. The minimum atomic E-state index is 0.552. The monoisotopic (exact) mass is 306 g/mol. The predicted octanol–water partition coefficient (Wildman–Crippen LogP) is 4.15. The lowest BCUT2D eigenvalue weighted by Gasteiger charge is -2.46. The van der Waals surface area contributed by atoms with E-state index in [0.717, 1.165) is 23.1 Å². The fraction of sp³-hybridized carbons (Fsp3) is 0.333. The summed E-state index contributed by atoms with van der Waals surface area (Å²) in [6.07, 6.45) is 4.07. The van der Waals surface area contributed by atoms with E-state index < -0.39 is 0 Å². The fourth-order valence-corrected chi connectivity index (χ4v) is 4.24. The highest BCUT2D eigenvalue weighted by Gasteiger charge is 2.41. The molecule has 1 atom stereocenters. The van der Waals surface area contributed by atoms with Crippen LogP contribution in [0.15, 0.2) is 49.1 Å². The standard InChI is InChI=1S/C21H24NO/c1-4-13-23-19-10-6-8-16-14-18-20-15(11-12-22(18,2)3)7-5-9-17(20)21(16)19/h4-10,18H,1,11-14H2,2-3H3/q+1. The SMILES string of the molecule is C=CCOc1cccc2c1-c1cccc3c1C(C2)[N+](C)(C)CC3. The van der Waals surface area contributed by atoms with E-state index in [4.69, 9.17) is 4.74 Å². The van der Waals surface area contributed by atoms with Crippen molar-refractivity contribution in [2.45, 2.75) is 18.9 Å². The Morgan fingerprint density at radius 2 is 1.96 bits per heavy atom. The van der Waals surface area contributed by atoms with Gasteiger partial charge in [0.25, 0.3) is 0 Å². The van der Waals surface area contributed by atoms with Crippen LogP contribution in [0.2, 0.25) is 0 Å². The lowest BCUT2D eigenvalue weighted by atomic mass is 9.76. The van der Waals surface area contributed by atoms with Crippen molar-refractivity contribution in [2.75, 3.05) is 27.2 Å². The van der Waals surface area contributed by atoms with Gasteiger partial charge in [-0.3, -0.25) is 0 Å². The molecule has 23 heavy (non-hydrogen) atoms. The molecular formula is C21H24NO+. The second-order valence-corrected chi connectivity index (χ2v) is 7.24. The van der Waals surface area contributed by atoms with Crippen LogP contribution in [-0.4, -0.2) is 31.7 Å². The van der Waals surface area contributed by atoms with Crippen molar-refractivity contribution in [3.05, 3.63) is 65.7 Å². The third-order valence-corrected chi connectivity index (χ3v) is 5.48. The van der Waals surface area contributed by atoms with Gasteiger partial charge in [-0.2, -0.15) is 0 Å². The number of rotatable bonds is 3. The van der Waals surface area contributed by atoms with Crippen molar-refractivity contribution in [1.82, 2.24) is 0 Å². The Hall–Kier alpha value is -2.06. The summed E-state index contributed by atoms with van der Waals surface area (Å²) >= 11 is 0. The average Bonchev–Trinajstić information content (AvgIpc) is 2.56. The number of benzene rings is 2. The summed E-state index contributed by atoms with van der Waals surface area (Å²) in [5.74, 6) is 0.991. The van der Waals surface area contributed by atoms with E-state index in [-0.39, 0.29) is 0 Å². The van der Waals surface area contributed by atoms with Crippen molar-refractivity contribution in [2.24, 2.45) is 0 Å². The lowest BCUT2D eigenvalue weighted by molar-refractivity contribution is -0.923. The Bertz CT molecular complexity index is 775. The first-order valence-corrected chi connectivity index (χ1v) is 8.42. The molecule has 1 aliphatic carbocycles. The summed E-state index contributed by atoms with van der Waals surface area (Å²) < 4.78 is 7.04. The van der Waals surface area contributed by atoms with Gasteiger partial charge >= 0.3 is 0 Å². The van der Waals surface area contributed by atoms with Gasteiger partial charge in [0, 0.05) is 24.0 Å². The average molecular weight is 306 g/mol. The minimum Gasteiger partial charge on any atom is -0.489 e. The Morgan fingerprint density at radius 3 is 2.78 bits per heavy atom. The molecule has 0 spiro atoms. The lowest BCUT2D eigenvalue weighted by Crippen LogP contribution is -2.49. The molecule has 2 nitrogen and oxygen atoms in total. The summed E-state index contributed by atoms with van der Waals surface area (Å²) in [7, 11) is 4.74. The number of quaternary nitrogens is 1. The van der Waals surface area contributed by atoms with Gasteiger partial charge in [-0.25, -0.2) is 0 Å². The van der Waals surface area contributed by atoms with E-state index in [9.17, 15) is 0 Å². The van der Waals surface area contributed by atoms with E-state index in [1.807, 2.05) is 6.08 Å². The van der Waals surface area contributed by atoms with E-state index in [2.05, 4.69) is 57.1 Å². The first-order valence-electron chi connectivity index (χ1n) is 8.42. The number of hydrogen-bond acceptors (Lipinski definition) is 1. The molecule has 4 rings (SSSR count). The predicted molar refractivity (Wildman–Crippen MR) is 94.7 cm³/mol. The van der Waals surface area contributed by atoms with Gasteiger partial charge < -0.3 is 9.22 Å². The van der Waals surface area contributed by atoms with Crippen molar-refractivity contribution in [1.29, 1.82) is 0 Å². The summed E-state index contributed by atoms with van der Waals surface area (Å²) in [4.78, 5) is 0. The van der Waals surface area contributed by atoms with Gasteiger partial charge in [-0.05, 0) is 22.8 Å². The molecule has 0 bridgehead atoms. The maximum atomic E-state index is 5.97. The number of nitrogens with zero attached hydrogens (tertiary/aromatic N) is 1. The van der Waals surface area contributed by atoms with Crippen molar-refractivity contribution >= 4 is 0 Å². The van der Waals surface area contributed by atoms with Crippen LogP contribution in [0.25, 0.3) is 11.1 Å². The van der Waals surface area contributed by atoms with Crippen molar-refractivity contribution in [3.63, 3.8) is 0 Å². The Morgan fingerprint density at radius 1 is 1.17 bits per heavy atom. The van der Waals surface area contributed by atoms with Crippen LogP contribution < -0.4 is 4.74 Å². The maximum absolute atomic E-state index is 5.97. The van der Waals surface area contributed by atoms with Crippen LogP contribution in [0, 0.1) is 0 Å². The van der Waals surface area contributed by atoms with Crippen LogP contribution in [0.3, 0.4) is 0 Å². The maximum Gasteiger partial charge on any atom is 0.127 e. The molecule has 0 saturated carbocycles. The van der Waals surface area contributed by atoms with Crippen LogP contribution in [0.4, 0.5) is 0 Å². The second-order valence-electron chi connectivity index (χ2n) is 7.24. The molecule has 0 fully saturated rings. The van der Waals surface area contributed by atoms with Gasteiger partial charge in [-0.1, -0.05) is 43.0 Å². The van der Waals surface area contributed by atoms with E-state index in [0.29, 0.717) is 12.6 Å². The summed E-state index contributed by atoms with van der Waals surface area (Å²) in [5.41, 5.74) is 7.15. The van der Waals surface area contributed by atoms with Gasteiger partial charge in [0.2, 0.25) is 0 Å². The first-order chi connectivity index (χ1) is 11.1. The third-order valence-electron chi connectivity index (χ3n) is 5.48. The molecule has 0 aromatic heterocycles. The minimum absolute atomic E-state index is 0.552. The number of ether oxygens (including phenoxy) is 1. The number of likely N-dealkylation sites (N-methyl/N-ethyl adjacent to an activating group) is 1. The highest BCUT2D eigenvalue weighted by atomic mass is 16.5. The molecule has 2 aliphatic rings. The summed E-state index contributed by atoms with van der Waals surface area (Å²) in [6.45, 7) is 5.54. The summed E-state index contributed by atoms with van der Waals surface area (Å²) in [6, 6.07) is 13.8. The van der Waals surface area contributed by atoms with Crippen LogP contribution >= 0.6 is 0 Å². The van der Waals surface area contributed by atoms with Crippen LogP contribution in [0.5, 0.6) is 5.75 Å². The van der Waals surface area contributed by atoms with Crippen molar-refractivity contribution < 1.29 is 9.22 Å². The fourth-order valence-electron chi connectivity index (χ4n) is 4.24.